The van der Waals surface area contributed by atoms with Crippen molar-refractivity contribution in [1.29, 1.82) is 0 Å². The highest BCUT2D eigenvalue weighted by atomic mass is 16.3. The third-order valence-electron chi connectivity index (χ3n) is 7.06. The van der Waals surface area contributed by atoms with Crippen LogP contribution in [0, 0.1) is 18.3 Å². The second-order valence-corrected chi connectivity index (χ2v) is 9.02. The number of benzene rings is 1. The third kappa shape index (κ3) is 3.65. The highest BCUT2D eigenvalue weighted by Crippen LogP contribution is 2.59. The van der Waals surface area contributed by atoms with Crippen LogP contribution in [-0.4, -0.2) is 40.0 Å². The number of hydrogen-bond donors (Lipinski definition) is 1. The number of aryl methyl sites for hydroxylation is 2. The Morgan fingerprint density at radius 1 is 1.23 bits per heavy atom. The number of nitrogens with one attached hydrogen (secondary N) is 1. The van der Waals surface area contributed by atoms with Crippen LogP contribution in [0.2, 0.25) is 0 Å². The first-order chi connectivity index (χ1) is 14.5. The Bertz CT molecular complexity index is 1060. The molecule has 2 aliphatic rings. The maximum absolute atomic E-state index is 12.7. The van der Waals surface area contributed by atoms with E-state index in [1.807, 2.05) is 38.2 Å². The molecule has 2 fully saturated rings. The van der Waals surface area contributed by atoms with Crippen LogP contribution in [0.3, 0.4) is 0 Å². The zero-order valence-electron chi connectivity index (χ0n) is 17.9. The number of para-hydroxylation sites is 2. The van der Waals surface area contributed by atoms with Gasteiger partial charge in [-0.15, -0.1) is 0 Å². The minimum Gasteiger partial charge on any atom is -0.465 e. The van der Waals surface area contributed by atoms with Crippen LogP contribution in [-0.2, 0) is 24.8 Å². The highest BCUT2D eigenvalue weighted by molar-refractivity contribution is 5.82. The molecule has 0 radical (unpaired) electrons. The standard InChI is InChI=1S/C24H30N4O2/c1-17-7-8-18(30-17)16-28-13-10-24(11-14-28)15-19(24)23(29)25-12-9-22-26-20-5-3-4-6-21(20)27(22)2/h3-8,19H,9-16H2,1-2H3,(H,25,29). The number of nitrogens with zero attached hydrogens (tertiary/aromatic N) is 3. The second kappa shape index (κ2) is 7.58. The summed E-state index contributed by atoms with van der Waals surface area (Å²) >= 11 is 0. The van der Waals surface area contributed by atoms with E-state index in [-0.39, 0.29) is 17.2 Å². The van der Waals surface area contributed by atoms with Crippen LogP contribution in [0.1, 0.15) is 36.6 Å². The SMILES string of the molecule is Cc1ccc(CN2CCC3(CC2)CC3C(=O)NCCc2nc3ccccc3n2C)o1. The molecule has 1 amide bonds. The van der Waals surface area contributed by atoms with Gasteiger partial charge in [-0.3, -0.25) is 9.69 Å². The van der Waals surface area contributed by atoms with Gasteiger partial charge in [-0.2, -0.15) is 0 Å². The van der Waals surface area contributed by atoms with Crippen molar-refractivity contribution in [3.05, 3.63) is 53.7 Å². The minimum absolute atomic E-state index is 0.186. The van der Waals surface area contributed by atoms with Gasteiger partial charge in [-0.05, 0) is 69.0 Å². The topological polar surface area (TPSA) is 63.3 Å². The molecule has 6 heteroatoms. The van der Waals surface area contributed by atoms with Crippen LogP contribution in [0.15, 0.2) is 40.8 Å². The first-order valence-corrected chi connectivity index (χ1v) is 11.0. The van der Waals surface area contributed by atoms with Crippen molar-refractivity contribution >= 4 is 16.9 Å². The first-order valence-electron chi connectivity index (χ1n) is 11.0. The Morgan fingerprint density at radius 2 is 2.03 bits per heavy atom. The smallest absolute Gasteiger partial charge is 0.223 e. The zero-order chi connectivity index (χ0) is 20.7. The lowest BCUT2D eigenvalue weighted by Gasteiger charge is -2.32. The maximum atomic E-state index is 12.7. The summed E-state index contributed by atoms with van der Waals surface area (Å²) in [5.74, 6) is 3.44. The molecule has 30 heavy (non-hydrogen) atoms. The Labute approximate surface area is 177 Å². The summed E-state index contributed by atoms with van der Waals surface area (Å²) in [4.78, 5) is 19.9. The summed E-state index contributed by atoms with van der Waals surface area (Å²) in [6, 6.07) is 12.2. The molecule has 6 nitrogen and oxygen atoms in total. The number of aromatic nitrogens is 2. The molecule has 1 unspecified atom stereocenters. The number of amides is 1. The number of imidazole rings is 1. The lowest BCUT2D eigenvalue weighted by atomic mass is 9.90. The van der Waals surface area contributed by atoms with Gasteiger partial charge in [-0.1, -0.05) is 12.1 Å². The highest BCUT2D eigenvalue weighted by Gasteiger charge is 2.58. The quantitative estimate of drug-likeness (QED) is 0.681. The third-order valence-corrected chi connectivity index (χ3v) is 7.06. The largest absolute Gasteiger partial charge is 0.465 e. The predicted molar refractivity (Wildman–Crippen MR) is 116 cm³/mol. The van der Waals surface area contributed by atoms with Crippen LogP contribution in [0.4, 0.5) is 0 Å². The fourth-order valence-corrected chi connectivity index (χ4v) is 5.06. The molecule has 1 spiro atoms. The van der Waals surface area contributed by atoms with Crippen molar-refractivity contribution in [1.82, 2.24) is 19.8 Å². The van der Waals surface area contributed by atoms with Crippen LogP contribution >= 0.6 is 0 Å². The summed E-state index contributed by atoms with van der Waals surface area (Å²) in [6.07, 6.45) is 4.01. The molecule has 1 saturated carbocycles. The number of carbonyl (C=O) groups excluding carboxylic acids is 1. The Kier molecular flexibility index (Phi) is 4.89. The molecule has 1 N–H and O–H groups in total. The molecule has 2 aromatic heterocycles. The predicted octanol–water partition coefficient (Wildman–Crippen LogP) is 3.44. The van der Waals surface area contributed by atoms with Crippen molar-refractivity contribution in [3.8, 4) is 0 Å². The van der Waals surface area contributed by atoms with E-state index in [1.54, 1.807) is 0 Å². The average molecular weight is 407 g/mol. The normalized spacial score (nSPS) is 20.7. The van der Waals surface area contributed by atoms with Crippen molar-refractivity contribution in [2.24, 2.45) is 18.4 Å². The molecule has 1 aliphatic carbocycles. The molecular formula is C24H30N4O2. The molecule has 5 rings (SSSR count). The van der Waals surface area contributed by atoms with Crippen LogP contribution in [0.5, 0.6) is 0 Å². The van der Waals surface area contributed by atoms with Crippen LogP contribution < -0.4 is 5.32 Å². The number of carbonyl (C=O) groups is 1. The van der Waals surface area contributed by atoms with E-state index in [4.69, 9.17) is 9.40 Å². The van der Waals surface area contributed by atoms with Gasteiger partial charge >= 0.3 is 0 Å². The lowest BCUT2D eigenvalue weighted by molar-refractivity contribution is -0.123. The fourth-order valence-electron chi connectivity index (χ4n) is 5.06. The van der Waals surface area contributed by atoms with Gasteiger partial charge in [0, 0.05) is 25.9 Å². The molecule has 3 heterocycles. The number of fused-ring (bicyclic) bond motifs is 1. The van der Waals surface area contributed by atoms with Gasteiger partial charge in [0.2, 0.25) is 5.91 Å². The Balaban J connectivity index is 1.09. The van der Waals surface area contributed by atoms with Crippen LogP contribution in [0.25, 0.3) is 11.0 Å². The second-order valence-electron chi connectivity index (χ2n) is 9.02. The van der Waals surface area contributed by atoms with E-state index in [2.05, 4.69) is 26.9 Å². The molecular weight excluding hydrogens is 376 g/mol. The monoisotopic (exact) mass is 406 g/mol. The fraction of sp³-hybridized carbons (Fsp3) is 0.500. The summed E-state index contributed by atoms with van der Waals surface area (Å²) in [5, 5.41) is 3.17. The summed E-state index contributed by atoms with van der Waals surface area (Å²) in [7, 11) is 2.04. The molecule has 1 aromatic carbocycles. The first kappa shape index (κ1) is 19.4. The Hall–Kier alpha value is -2.60. The molecule has 1 aliphatic heterocycles. The van der Waals surface area contributed by atoms with Gasteiger partial charge in [0.05, 0.1) is 17.6 Å². The number of rotatable bonds is 6. The average Bonchev–Trinajstić information content (AvgIpc) is 3.14. The minimum atomic E-state index is 0.186. The van der Waals surface area contributed by atoms with E-state index in [0.717, 1.165) is 73.7 Å². The van der Waals surface area contributed by atoms with E-state index >= 15 is 0 Å². The van der Waals surface area contributed by atoms with E-state index in [1.165, 1.54) is 0 Å². The van der Waals surface area contributed by atoms with Gasteiger partial charge in [0.25, 0.3) is 0 Å². The van der Waals surface area contributed by atoms with E-state index < -0.39 is 0 Å². The van der Waals surface area contributed by atoms with Crippen molar-refractivity contribution in [2.75, 3.05) is 19.6 Å². The van der Waals surface area contributed by atoms with Gasteiger partial charge < -0.3 is 14.3 Å². The Morgan fingerprint density at radius 3 is 2.77 bits per heavy atom. The van der Waals surface area contributed by atoms with Gasteiger partial charge in [-0.25, -0.2) is 4.98 Å². The summed E-state index contributed by atoms with van der Waals surface area (Å²) in [6.45, 7) is 5.59. The number of hydrogen-bond acceptors (Lipinski definition) is 4. The van der Waals surface area contributed by atoms with Crippen molar-refractivity contribution in [2.45, 2.75) is 39.2 Å². The molecule has 0 bridgehead atoms. The van der Waals surface area contributed by atoms with Crippen molar-refractivity contribution in [3.63, 3.8) is 0 Å². The molecule has 3 aromatic rings. The maximum Gasteiger partial charge on any atom is 0.223 e. The molecule has 158 valence electrons. The molecule has 1 saturated heterocycles. The van der Waals surface area contributed by atoms with Crippen molar-refractivity contribution < 1.29 is 9.21 Å². The van der Waals surface area contributed by atoms with Gasteiger partial charge in [0.1, 0.15) is 17.3 Å². The molecule has 1 atom stereocenters. The van der Waals surface area contributed by atoms with Gasteiger partial charge in [0.15, 0.2) is 0 Å². The summed E-state index contributed by atoms with van der Waals surface area (Å²) in [5.41, 5.74) is 2.38. The number of furan rings is 1. The van der Waals surface area contributed by atoms with E-state index in [0.29, 0.717) is 6.54 Å². The van der Waals surface area contributed by atoms with E-state index in [9.17, 15) is 4.79 Å². The number of likely N-dealkylation sites (tertiary alicyclic amines) is 1. The zero-order valence-corrected chi connectivity index (χ0v) is 17.9. The number of piperidine rings is 1. The lowest BCUT2D eigenvalue weighted by Crippen LogP contribution is -2.37. The summed E-state index contributed by atoms with van der Waals surface area (Å²) < 4.78 is 7.83.